The highest BCUT2D eigenvalue weighted by atomic mass is 32.2. The Bertz CT molecular complexity index is 880. The van der Waals surface area contributed by atoms with Gasteiger partial charge in [0.15, 0.2) is 5.58 Å². The smallest absolute Gasteiger partial charge is 0.321 e. The number of sulfone groups is 1. The number of fused-ring (bicyclic) bond motifs is 1. The summed E-state index contributed by atoms with van der Waals surface area (Å²) in [4.78, 5) is 4.16. The van der Waals surface area contributed by atoms with Crippen molar-refractivity contribution in [3.63, 3.8) is 0 Å². The quantitative estimate of drug-likeness (QED) is 0.732. The van der Waals surface area contributed by atoms with Crippen LogP contribution in [0.3, 0.4) is 0 Å². The number of anilines is 1. The lowest BCUT2D eigenvalue weighted by Gasteiger charge is -1.99. The molecule has 0 spiro atoms. The van der Waals surface area contributed by atoms with Crippen molar-refractivity contribution in [3.05, 3.63) is 48.0 Å². The fourth-order valence-corrected chi connectivity index (χ4v) is 2.97. The van der Waals surface area contributed by atoms with E-state index in [2.05, 4.69) is 4.98 Å². The number of aryl methyl sites for hydroxylation is 1. The van der Waals surface area contributed by atoms with Gasteiger partial charge in [-0.1, -0.05) is 17.7 Å². The first kappa shape index (κ1) is 12.7. The van der Waals surface area contributed by atoms with Gasteiger partial charge in [0, 0.05) is 5.69 Å². The zero-order valence-electron chi connectivity index (χ0n) is 10.7. The Labute approximate surface area is 116 Å². The third-order valence-corrected chi connectivity index (χ3v) is 4.48. The minimum Gasteiger partial charge on any atom is -0.428 e. The first-order chi connectivity index (χ1) is 9.46. The average molecular weight is 288 g/mol. The largest absolute Gasteiger partial charge is 0.428 e. The molecule has 0 unspecified atom stereocenters. The molecule has 0 radical (unpaired) electrons. The number of hydrogen-bond acceptors (Lipinski definition) is 5. The molecule has 1 heterocycles. The molecule has 20 heavy (non-hydrogen) atoms. The lowest BCUT2D eigenvalue weighted by Crippen LogP contribution is -2.02. The molecule has 0 atom stereocenters. The number of nitrogens with zero attached hydrogens (tertiary/aromatic N) is 1. The number of benzene rings is 2. The Morgan fingerprint density at radius 1 is 1.10 bits per heavy atom. The summed E-state index contributed by atoms with van der Waals surface area (Å²) in [6.45, 7) is 1.89. The molecule has 2 N–H and O–H groups in total. The second-order valence-electron chi connectivity index (χ2n) is 4.52. The molecule has 3 rings (SSSR count). The molecule has 5 nitrogen and oxygen atoms in total. The van der Waals surface area contributed by atoms with E-state index in [1.54, 1.807) is 30.3 Å². The summed E-state index contributed by atoms with van der Waals surface area (Å²) >= 11 is 0. The van der Waals surface area contributed by atoms with Gasteiger partial charge in [-0.2, -0.15) is 4.98 Å². The Morgan fingerprint density at radius 3 is 2.50 bits per heavy atom. The molecule has 0 aliphatic rings. The Kier molecular flexibility index (Phi) is 2.76. The highest BCUT2D eigenvalue weighted by Gasteiger charge is 2.24. The molecule has 0 bridgehead atoms. The maximum atomic E-state index is 12.4. The molecule has 3 aromatic rings. The van der Waals surface area contributed by atoms with Crippen LogP contribution in [0.2, 0.25) is 0 Å². The van der Waals surface area contributed by atoms with Crippen LogP contribution in [0.25, 0.3) is 11.1 Å². The van der Waals surface area contributed by atoms with Gasteiger partial charge in [-0.05, 0) is 37.3 Å². The van der Waals surface area contributed by atoms with Crippen molar-refractivity contribution >= 4 is 26.6 Å². The molecule has 0 aliphatic carbocycles. The Morgan fingerprint density at radius 2 is 1.80 bits per heavy atom. The van der Waals surface area contributed by atoms with E-state index >= 15 is 0 Å². The van der Waals surface area contributed by atoms with Crippen molar-refractivity contribution < 1.29 is 12.8 Å². The summed E-state index contributed by atoms with van der Waals surface area (Å²) in [7, 11) is -3.75. The summed E-state index contributed by atoms with van der Waals surface area (Å²) in [6.07, 6.45) is 0. The van der Waals surface area contributed by atoms with E-state index in [4.69, 9.17) is 10.2 Å². The molecule has 0 fully saturated rings. The Hall–Kier alpha value is -2.34. The first-order valence-electron chi connectivity index (χ1n) is 5.95. The highest BCUT2D eigenvalue weighted by molar-refractivity contribution is 7.91. The number of nitrogens with two attached hydrogens (primary N) is 1. The normalized spacial score (nSPS) is 11.8. The van der Waals surface area contributed by atoms with Crippen LogP contribution in [0, 0.1) is 6.92 Å². The van der Waals surface area contributed by atoms with Crippen LogP contribution in [0.5, 0.6) is 0 Å². The van der Waals surface area contributed by atoms with E-state index in [0.717, 1.165) is 5.56 Å². The summed E-state index contributed by atoms with van der Waals surface area (Å²) < 4.78 is 30.1. The van der Waals surface area contributed by atoms with Gasteiger partial charge in [0.1, 0.15) is 5.52 Å². The van der Waals surface area contributed by atoms with Crippen molar-refractivity contribution in [2.24, 2.45) is 0 Å². The number of rotatable bonds is 2. The summed E-state index contributed by atoms with van der Waals surface area (Å²) in [6, 6.07) is 11.3. The second kappa shape index (κ2) is 4.35. The maximum Gasteiger partial charge on any atom is 0.321 e. The van der Waals surface area contributed by atoms with Crippen LogP contribution in [0.4, 0.5) is 5.69 Å². The third kappa shape index (κ3) is 2.04. The van der Waals surface area contributed by atoms with Gasteiger partial charge in [-0.3, -0.25) is 0 Å². The maximum absolute atomic E-state index is 12.4. The van der Waals surface area contributed by atoms with Crippen LogP contribution < -0.4 is 5.73 Å². The van der Waals surface area contributed by atoms with Crippen LogP contribution in [-0.4, -0.2) is 13.4 Å². The molecule has 2 aromatic carbocycles. The van der Waals surface area contributed by atoms with Crippen LogP contribution >= 0.6 is 0 Å². The molecule has 0 saturated carbocycles. The minimum absolute atomic E-state index is 0.155. The molecule has 1 aromatic heterocycles. The van der Waals surface area contributed by atoms with Crippen LogP contribution in [0.1, 0.15) is 5.56 Å². The van der Waals surface area contributed by atoms with Crippen LogP contribution in [0.15, 0.2) is 57.0 Å². The van der Waals surface area contributed by atoms with Gasteiger partial charge in [0.2, 0.25) is 0 Å². The summed E-state index contributed by atoms with van der Waals surface area (Å²) in [5, 5.41) is -0.318. The zero-order valence-corrected chi connectivity index (χ0v) is 11.5. The average Bonchev–Trinajstić information content (AvgIpc) is 2.83. The van der Waals surface area contributed by atoms with Crippen LogP contribution in [-0.2, 0) is 9.84 Å². The molecule has 6 heteroatoms. The predicted molar refractivity (Wildman–Crippen MR) is 75.1 cm³/mol. The first-order valence-corrected chi connectivity index (χ1v) is 7.43. The van der Waals surface area contributed by atoms with E-state index in [9.17, 15) is 8.42 Å². The zero-order chi connectivity index (χ0) is 14.3. The molecular formula is C14H12N2O3S. The second-order valence-corrected chi connectivity index (χ2v) is 6.35. The summed E-state index contributed by atoms with van der Waals surface area (Å²) in [5.74, 6) is 0. The lowest BCUT2D eigenvalue weighted by molar-refractivity contribution is 0.458. The molecule has 0 aliphatic heterocycles. The van der Waals surface area contributed by atoms with Crippen molar-refractivity contribution in [2.75, 3.05) is 5.73 Å². The van der Waals surface area contributed by atoms with Crippen molar-refractivity contribution in [1.82, 2.24) is 4.98 Å². The number of nitrogen functional groups attached to an aromatic ring is 1. The minimum atomic E-state index is -3.75. The fraction of sp³-hybridized carbons (Fsp3) is 0.0714. The van der Waals surface area contributed by atoms with Gasteiger partial charge in [0.05, 0.1) is 4.90 Å². The predicted octanol–water partition coefficient (Wildman–Crippen LogP) is 2.55. The highest BCUT2D eigenvalue weighted by Crippen LogP contribution is 2.25. The van der Waals surface area contributed by atoms with Gasteiger partial charge < -0.3 is 10.2 Å². The molecule has 102 valence electrons. The van der Waals surface area contributed by atoms with Crippen molar-refractivity contribution in [1.29, 1.82) is 0 Å². The standard InChI is InChI=1S/C14H12N2O3S/c1-9-2-5-11(6-3-9)20(17,18)14-16-12-8-10(15)4-7-13(12)19-14/h2-8H,15H2,1H3. The van der Waals surface area contributed by atoms with Crippen molar-refractivity contribution in [3.8, 4) is 0 Å². The van der Waals surface area contributed by atoms with E-state index in [1.807, 2.05) is 6.92 Å². The topological polar surface area (TPSA) is 86.2 Å². The van der Waals surface area contributed by atoms with Gasteiger partial charge in [-0.15, -0.1) is 0 Å². The van der Waals surface area contributed by atoms with Gasteiger partial charge in [0.25, 0.3) is 9.84 Å². The van der Waals surface area contributed by atoms with E-state index in [0.29, 0.717) is 16.8 Å². The summed E-state index contributed by atoms with van der Waals surface area (Å²) in [5.41, 5.74) is 7.94. The Balaban J connectivity index is 2.15. The van der Waals surface area contributed by atoms with E-state index in [1.165, 1.54) is 12.1 Å². The molecular weight excluding hydrogens is 276 g/mol. The van der Waals surface area contributed by atoms with E-state index < -0.39 is 9.84 Å². The van der Waals surface area contributed by atoms with Gasteiger partial charge >= 0.3 is 5.22 Å². The SMILES string of the molecule is Cc1ccc(S(=O)(=O)c2nc3cc(N)ccc3o2)cc1. The number of hydrogen-bond donors (Lipinski definition) is 1. The van der Waals surface area contributed by atoms with Crippen molar-refractivity contribution in [2.45, 2.75) is 17.0 Å². The van der Waals surface area contributed by atoms with Gasteiger partial charge in [-0.25, -0.2) is 8.42 Å². The van der Waals surface area contributed by atoms with E-state index in [-0.39, 0.29) is 10.1 Å². The number of oxazole rings is 1. The number of aromatic nitrogens is 1. The molecule has 0 amide bonds. The third-order valence-electron chi connectivity index (χ3n) is 2.95. The monoisotopic (exact) mass is 288 g/mol. The molecule has 0 saturated heterocycles. The fourth-order valence-electron chi connectivity index (χ4n) is 1.86. The lowest BCUT2D eigenvalue weighted by atomic mass is 10.2.